The number of hydrogen-bond acceptors (Lipinski definition) is 6. The van der Waals surface area contributed by atoms with Crippen LogP contribution in [0.25, 0.3) is 0 Å². The van der Waals surface area contributed by atoms with Gasteiger partial charge < -0.3 is 25.2 Å². The quantitative estimate of drug-likeness (QED) is 0.429. The lowest BCUT2D eigenvalue weighted by molar-refractivity contribution is -0.276. The summed E-state index contributed by atoms with van der Waals surface area (Å²) in [5.74, 6) is 1.49. The maximum Gasteiger partial charge on any atom is 0.183 e. The Balaban J connectivity index is 2.00. The highest BCUT2D eigenvalue weighted by Crippen LogP contribution is 2.23. The zero-order valence-electron chi connectivity index (χ0n) is 13.6. The second-order valence-corrected chi connectivity index (χ2v) is 7.24. The Morgan fingerprint density at radius 3 is 2.00 bits per heavy atom. The lowest BCUT2D eigenvalue weighted by Gasteiger charge is -2.38. The molecular formula is C16H32O5S. The number of hydrogen-bond donors (Lipinski definition) is 4. The van der Waals surface area contributed by atoms with E-state index in [1.54, 1.807) is 11.8 Å². The fraction of sp³-hybridized carbons (Fsp3) is 1.00. The van der Waals surface area contributed by atoms with Gasteiger partial charge in [0.05, 0.1) is 6.10 Å². The van der Waals surface area contributed by atoms with Crippen LogP contribution in [0.5, 0.6) is 0 Å². The zero-order chi connectivity index (χ0) is 16.4. The average molecular weight is 336 g/mol. The van der Waals surface area contributed by atoms with Crippen LogP contribution in [0.15, 0.2) is 0 Å². The van der Waals surface area contributed by atoms with Crippen LogP contribution in [-0.2, 0) is 4.74 Å². The van der Waals surface area contributed by atoms with Crippen molar-refractivity contribution in [1.82, 2.24) is 0 Å². The van der Waals surface area contributed by atoms with Crippen molar-refractivity contribution in [1.29, 1.82) is 0 Å². The van der Waals surface area contributed by atoms with Crippen LogP contribution in [0, 0.1) is 0 Å². The number of rotatable bonds is 11. The molecule has 22 heavy (non-hydrogen) atoms. The van der Waals surface area contributed by atoms with E-state index >= 15 is 0 Å². The summed E-state index contributed by atoms with van der Waals surface area (Å²) >= 11 is 1.65. The van der Waals surface area contributed by atoms with Crippen molar-refractivity contribution in [3.63, 3.8) is 0 Å². The smallest absolute Gasteiger partial charge is 0.183 e. The molecule has 0 radical (unpaired) electrons. The molecular weight excluding hydrogens is 304 g/mol. The van der Waals surface area contributed by atoms with Gasteiger partial charge in [0, 0.05) is 5.75 Å². The van der Waals surface area contributed by atoms with Gasteiger partial charge in [-0.2, -0.15) is 11.8 Å². The number of aliphatic hydroxyl groups is 4. The van der Waals surface area contributed by atoms with Crippen molar-refractivity contribution >= 4 is 11.8 Å². The summed E-state index contributed by atoms with van der Waals surface area (Å²) in [6.45, 7) is 2.23. The van der Waals surface area contributed by atoms with Gasteiger partial charge in [-0.25, -0.2) is 0 Å². The fourth-order valence-electron chi connectivity index (χ4n) is 2.61. The third-order valence-corrected chi connectivity index (χ3v) is 5.25. The molecule has 0 aromatic rings. The molecule has 0 saturated carbocycles. The van der Waals surface area contributed by atoms with Gasteiger partial charge in [0.25, 0.3) is 0 Å². The minimum atomic E-state index is -1.44. The van der Waals surface area contributed by atoms with Crippen molar-refractivity contribution < 1.29 is 25.2 Å². The number of ether oxygens (including phenoxy) is 1. The molecule has 5 nitrogen and oxygen atoms in total. The van der Waals surface area contributed by atoms with E-state index in [0.717, 1.165) is 12.2 Å². The first-order chi connectivity index (χ1) is 10.6. The van der Waals surface area contributed by atoms with E-state index in [-0.39, 0.29) is 0 Å². The van der Waals surface area contributed by atoms with Gasteiger partial charge in [-0.05, 0) is 12.2 Å². The van der Waals surface area contributed by atoms with Gasteiger partial charge in [-0.15, -0.1) is 0 Å². The van der Waals surface area contributed by atoms with E-state index in [1.165, 1.54) is 44.9 Å². The first kappa shape index (κ1) is 20.2. The first-order valence-corrected chi connectivity index (χ1v) is 9.68. The summed E-state index contributed by atoms with van der Waals surface area (Å²) < 4.78 is 5.14. The molecule has 0 amide bonds. The molecule has 0 aromatic heterocycles. The average Bonchev–Trinajstić information content (AvgIpc) is 2.51. The molecule has 1 heterocycles. The Kier molecular flexibility index (Phi) is 10.7. The Morgan fingerprint density at radius 1 is 0.773 bits per heavy atom. The molecule has 1 rings (SSSR count). The second-order valence-electron chi connectivity index (χ2n) is 6.09. The summed E-state index contributed by atoms with van der Waals surface area (Å²) in [4.78, 5) is 0. The predicted molar refractivity (Wildman–Crippen MR) is 88.8 cm³/mol. The SMILES string of the molecule is CCCCCCCCCCSC[C@H]1O[C@H](O)[C@H](O)[C@@H](O)[C@H]1O. The summed E-state index contributed by atoms with van der Waals surface area (Å²) in [5.41, 5.74) is 0. The normalized spacial score (nSPS) is 32.3. The van der Waals surface area contributed by atoms with Crippen LogP contribution < -0.4 is 0 Å². The van der Waals surface area contributed by atoms with Crippen LogP contribution in [-0.4, -0.2) is 62.6 Å². The van der Waals surface area contributed by atoms with Crippen LogP contribution in [0.3, 0.4) is 0 Å². The number of thioether (sulfide) groups is 1. The topological polar surface area (TPSA) is 90.2 Å². The lowest BCUT2D eigenvalue weighted by atomic mass is 10.0. The first-order valence-electron chi connectivity index (χ1n) is 8.53. The van der Waals surface area contributed by atoms with Gasteiger partial charge in [0.2, 0.25) is 0 Å². The molecule has 0 unspecified atom stereocenters. The molecule has 6 heteroatoms. The highest BCUT2D eigenvalue weighted by atomic mass is 32.2. The Morgan fingerprint density at radius 2 is 1.36 bits per heavy atom. The molecule has 0 aliphatic carbocycles. The monoisotopic (exact) mass is 336 g/mol. The minimum absolute atomic E-state index is 0.512. The lowest BCUT2D eigenvalue weighted by Crippen LogP contribution is -2.58. The van der Waals surface area contributed by atoms with Gasteiger partial charge >= 0.3 is 0 Å². The van der Waals surface area contributed by atoms with Gasteiger partial charge in [-0.1, -0.05) is 51.9 Å². The summed E-state index contributed by atoms with van der Waals surface area (Å²) in [7, 11) is 0. The van der Waals surface area contributed by atoms with Crippen LogP contribution >= 0.6 is 11.8 Å². The highest BCUT2D eigenvalue weighted by molar-refractivity contribution is 7.99. The molecule has 0 spiro atoms. The molecule has 132 valence electrons. The van der Waals surface area contributed by atoms with Crippen molar-refractivity contribution in [2.24, 2.45) is 0 Å². The van der Waals surface area contributed by atoms with Crippen molar-refractivity contribution in [3.8, 4) is 0 Å². The largest absolute Gasteiger partial charge is 0.388 e. The van der Waals surface area contributed by atoms with E-state index in [1.807, 2.05) is 0 Å². The number of aliphatic hydroxyl groups excluding tert-OH is 4. The van der Waals surface area contributed by atoms with Crippen molar-refractivity contribution in [2.45, 2.75) is 89.0 Å². The zero-order valence-corrected chi connectivity index (χ0v) is 14.4. The number of unbranched alkanes of at least 4 members (excludes halogenated alkanes) is 7. The molecule has 1 fully saturated rings. The van der Waals surface area contributed by atoms with Gasteiger partial charge in [0.15, 0.2) is 6.29 Å². The van der Waals surface area contributed by atoms with E-state index in [9.17, 15) is 20.4 Å². The highest BCUT2D eigenvalue weighted by Gasteiger charge is 2.42. The third kappa shape index (κ3) is 7.15. The molecule has 0 aromatic carbocycles. The summed E-state index contributed by atoms with van der Waals surface area (Å²) in [6.07, 6.45) is 4.25. The maximum atomic E-state index is 9.81. The van der Waals surface area contributed by atoms with Crippen LogP contribution in [0.2, 0.25) is 0 Å². The van der Waals surface area contributed by atoms with Crippen LogP contribution in [0.1, 0.15) is 58.3 Å². The summed E-state index contributed by atoms with van der Waals surface area (Å²) in [5, 5.41) is 38.2. The van der Waals surface area contributed by atoms with E-state index in [4.69, 9.17) is 4.74 Å². The van der Waals surface area contributed by atoms with Crippen molar-refractivity contribution in [2.75, 3.05) is 11.5 Å². The standard InChI is InChI=1S/C16H32O5S/c1-2-3-4-5-6-7-8-9-10-22-11-12-13(17)14(18)15(19)16(20)21-12/h12-20H,2-11H2,1H3/t12-,13+,14+,15-,16+/m1/s1. The molecule has 1 aliphatic heterocycles. The Bertz CT molecular complexity index is 279. The Labute approximate surface area is 138 Å². The Hall–Kier alpha value is 0.150. The third-order valence-electron chi connectivity index (χ3n) is 4.11. The summed E-state index contributed by atoms with van der Waals surface area (Å²) in [6, 6.07) is 0. The molecule has 5 atom stereocenters. The van der Waals surface area contributed by atoms with Gasteiger partial charge in [0.1, 0.15) is 18.3 Å². The molecule has 1 aliphatic rings. The van der Waals surface area contributed by atoms with Crippen molar-refractivity contribution in [3.05, 3.63) is 0 Å². The second kappa shape index (κ2) is 11.6. The van der Waals surface area contributed by atoms with E-state index < -0.39 is 30.7 Å². The van der Waals surface area contributed by atoms with Crippen LogP contribution in [0.4, 0.5) is 0 Å². The molecule has 0 bridgehead atoms. The fourth-order valence-corrected chi connectivity index (χ4v) is 3.69. The maximum absolute atomic E-state index is 9.81. The van der Waals surface area contributed by atoms with E-state index in [2.05, 4.69) is 6.92 Å². The molecule has 4 N–H and O–H groups in total. The minimum Gasteiger partial charge on any atom is -0.388 e. The van der Waals surface area contributed by atoms with E-state index in [0.29, 0.717) is 5.75 Å². The van der Waals surface area contributed by atoms with Gasteiger partial charge in [-0.3, -0.25) is 0 Å². The predicted octanol–water partition coefficient (Wildman–Crippen LogP) is 1.66. The molecule has 1 saturated heterocycles.